The molecular formula is C14H20O4S. The first-order chi connectivity index (χ1) is 9.04. The monoisotopic (exact) mass is 284 g/mol. The fourth-order valence-corrected chi connectivity index (χ4v) is 2.41. The molecule has 19 heavy (non-hydrogen) atoms. The number of aliphatic hydroxyl groups excluding tert-OH is 3. The van der Waals surface area contributed by atoms with Crippen molar-refractivity contribution in [3.8, 4) is 0 Å². The van der Waals surface area contributed by atoms with E-state index in [4.69, 9.17) is 5.11 Å². The molecule has 0 saturated heterocycles. The van der Waals surface area contributed by atoms with Gasteiger partial charge < -0.3 is 15.3 Å². The summed E-state index contributed by atoms with van der Waals surface area (Å²) in [5, 5.41) is 28.8. The molecule has 0 aliphatic rings. The highest BCUT2D eigenvalue weighted by Crippen LogP contribution is 2.21. The van der Waals surface area contributed by atoms with Gasteiger partial charge in [-0.2, -0.15) is 0 Å². The Hall–Kier alpha value is -0.880. The number of rotatable bonds is 7. The zero-order valence-electron chi connectivity index (χ0n) is 11.0. The van der Waals surface area contributed by atoms with E-state index in [1.54, 1.807) is 18.2 Å². The predicted molar refractivity (Wildman–Crippen MR) is 76.0 cm³/mol. The average Bonchev–Trinajstić information content (AvgIpc) is 2.38. The lowest BCUT2D eigenvalue weighted by Gasteiger charge is -2.18. The van der Waals surface area contributed by atoms with E-state index in [9.17, 15) is 15.0 Å². The molecule has 0 heterocycles. The summed E-state index contributed by atoms with van der Waals surface area (Å²) < 4.78 is 0. The zero-order valence-corrected chi connectivity index (χ0v) is 11.8. The fourth-order valence-electron chi connectivity index (χ4n) is 1.77. The number of aliphatic hydroxyl groups is 3. The highest BCUT2D eigenvalue weighted by molar-refractivity contribution is 8.13. The van der Waals surface area contributed by atoms with Gasteiger partial charge in [-0.25, -0.2) is 0 Å². The molecule has 2 unspecified atom stereocenters. The van der Waals surface area contributed by atoms with Crippen molar-refractivity contribution in [2.24, 2.45) is 0 Å². The molecule has 0 spiro atoms. The summed E-state index contributed by atoms with van der Waals surface area (Å²) >= 11 is 1.14. The second kappa shape index (κ2) is 8.32. The largest absolute Gasteiger partial charge is 0.396 e. The van der Waals surface area contributed by atoms with E-state index in [1.165, 1.54) is 6.92 Å². The Morgan fingerprint density at radius 2 is 2.11 bits per heavy atom. The lowest BCUT2D eigenvalue weighted by molar-refractivity contribution is -0.109. The second-order valence-electron chi connectivity index (χ2n) is 4.36. The number of benzene rings is 1. The van der Waals surface area contributed by atoms with Crippen LogP contribution in [0.5, 0.6) is 0 Å². The van der Waals surface area contributed by atoms with Gasteiger partial charge in [0.1, 0.15) is 6.10 Å². The average molecular weight is 284 g/mol. The van der Waals surface area contributed by atoms with E-state index in [0.29, 0.717) is 24.2 Å². The van der Waals surface area contributed by atoms with E-state index >= 15 is 0 Å². The normalized spacial score (nSPS) is 14.1. The van der Waals surface area contributed by atoms with Crippen molar-refractivity contribution in [2.45, 2.75) is 32.0 Å². The Kier molecular flexibility index (Phi) is 7.09. The molecule has 0 aromatic heterocycles. The van der Waals surface area contributed by atoms with Gasteiger partial charge >= 0.3 is 0 Å². The van der Waals surface area contributed by atoms with Crippen LogP contribution in [0.2, 0.25) is 0 Å². The van der Waals surface area contributed by atoms with Crippen LogP contribution < -0.4 is 0 Å². The topological polar surface area (TPSA) is 77.8 Å². The van der Waals surface area contributed by atoms with Crippen molar-refractivity contribution in [3.05, 3.63) is 35.4 Å². The van der Waals surface area contributed by atoms with Gasteiger partial charge in [-0.3, -0.25) is 4.79 Å². The number of hydrogen-bond acceptors (Lipinski definition) is 5. The van der Waals surface area contributed by atoms with Crippen LogP contribution in [0.25, 0.3) is 0 Å². The molecule has 0 amide bonds. The molecule has 0 bridgehead atoms. The molecule has 0 radical (unpaired) electrons. The van der Waals surface area contributed by atoms with Gasteiger partial charge in [0.2, 0.25) is 0 Å². The lowest BCUT2D eigenvalue weighted by atomic mass is 10.00. The fraction of sp³-hybridized carbons (Fsp3) is 0.500. The van der Waals surface area contributed by atoms with Crippen LogP contribution in [0.4, 0.5) is 0 Å². The third-order valence-corrected chi connectivity index (χ3v) is 3.62. The first-order valence-electron chi connectivity index (χ1n) is 6.23. The van der Waals surface area contributed by atoms with Crippen LogP contribution in [0, 0.1) is 0 Å². The van der Waals surface area contributed by atoms with Crippen LogP contribution in [0.15, 0.2) is 24.3 Å². The molecule has 0 fully saturated rings. The molecular weight excluding hydrogens is 264 g/mol. The number of carbonyl (C=O) groups is 1. The zero-order chi connectivity index (χ0) is 14.3. The van der Waals surface area contributed by atoms with Crippen LogP contribution in [-0.2, 0) is 11.2 Å². The Bertz CT molecular complexity index is 408. The van der Waals surface area contributed by atoms with E-state index in [1.807, 2.05) is 6.07 Å². The van der Waals surface area contributed by atoms with Gasteiger partial charge in [-0.1, -0.05) is 36.0 Å². The summed E-state index contributed by atoms with van der Waals surface area (Å²) in [4.78, 5) is 10.8. The van der Waals surface area contributed by atoms with Crippen molar-refractivity contribution in [1.82, 2.24) is 0 Å². The molecule has 1 aromatic carbocycles. The maximum atomic E-state index is 10.8. The molecule has 1 aromatic rings. The summed E-state index contributed by atoms with van der Waals surface area (Å²) in [6, 6.07) is 7.18. The number of carbonyl (C=O) groups excluding carboxylic acids is 1. The van der Waals surface area contributed by atoms with Gasteiger partial charge in [-0.15, -0.1) is 0 Å². The maximum Gasteiger partial charge on any atom is 0.185 e. The minimum absolute atomic E-state index is 0.00614. The number of hydrogen-bond donors (Lipinski definition) is 3. The highest BCUT2D eigenvalue weighted by atomic mass is 32.2. The molecule has 2 atom stereocenters. The minimum atomic E-state index is -0.966. The molecule has 5 heteroatoms. The Labute approximate surface area is 117 Å². The maximum absolute atomic E-state index is 10.8. The van der Waals surface area contributed by atoms with Gasteiger partial charge in [0.15, 0.2) is 5.12 Å². The molecule has 3 N–H and O–H groups in total. The molecule has 0 saturated carbocycles. The van der Waals surface area contributed by atoms with Crippen LogP contribution in [0.3, 0.4) is 0 Å². The van der Waals surface area contributed by atoms with Gasteiger partial charge in [0, 0.05) is 19.3 Å². The van der Waals surface area contributed by atoms with Gasteiger partial charge in [0.25, 0.3) is 0 Å². The summed E-state index contributed by atoms with van der Waals surface area (Å²) in [5.41, 5.74) is 1.55. The Morgan fingerprint density at radius 1 is 1.37 bits per heavy atom. The smallest absolute Gasteiger partial charge is 0.185 e. The first-order valence-corrected chi connectivity index (χ1v) is 7.22. The SMILES string of the molecule is CC(=O)SCCC(O)C(O)c1cccc(CCO)c1. The van der Waals surface area contributed by atoms with E-state index in [2.05, 4.69) is 0 Å². The molecule has 0 aliphatic heterocycles. The van der Waals surface area contributed by atoms with Crippen molar-refractivity contribution in [3.63, 3.8) is 0 Å². The summed E-state index contributed by atoms with van der Waals surface area (Å²) in [6.45, 7) is 1.53. The van der Waals surface area contributed by atoms with E-state index < -0.39 is 12.2 Å². The number of thioether (sulfide) groups is 1. The van der Waals surface area contributed by atoms with Crippen molar-refractivity contribution in [2.75, 3.05) is 12.4 Å². The highest BCUT2D eigenvalue weighted by Gasteiger charge is 2.18. The molecule has 0 aliphatic carbocycles. The Balaban J connectivity index is 2.57. The molecule has 106 valence electrons. The van der Waals surface area contributed by atoms with Gasteiger partial charge in [0.05, 0.1) is 6.10 Å². The standard InChI is InChI=1S/C14H20O4S/c1-10(16)19-8-6-13(17)14(18)12-4-2-3-11(9-12)5-7-15/h2-4,9,13-15,17-18H,5-8H2,1H3. The first kappa shape index (κ1) is 16.2. The van der Waals surface area contributed by atoms with Crippen LogP contribution >= 0.6 is 11.8 Å². The van der Waals surface area contributed by atoms with Crippen molar-refractivity contribution < 1.29 is 20.1 Å². The quantitative estimate of drug-likeness (QED) is 0.703. The molecule has 4 nitrogen and oxygen atoms in total. The van der Waals surface area contributed by atoms with Crippen molar-refractivity contribution >= 4 is 16.9 Å². The van der Waals surface area contributed by atoms with Crippen LogP contribution in [0.1, 0.15) is 30.6 Å². The second-order valence-corrected chi connectivity index (χ2v) is 5.63. The third-order valence-electron chi connectivity index (χ3n) is 2.78. The Morgan fingerprint density at radius 3 is 2.74 bits per heavy atom. The summed E-state index contributed by atoms with van der Waals surface area (Å²) in [7, 11) is 0. The third kappa shape index (κ3) is 5.74. The lowest BCUT2D eigenvalue weighted by Crippen LogP contribution is -2.19. The van der Waals surface area contributed by atoms with E-state index in [0.717, 1.165) is 17.3 Å². The van der Waals surface area contributed by atoms with Crippen molar-refractivity contribution in [1.29, 1.82) is 0 Å². The summed E-state index contributed by atoms with van der Waals surface area (Å²) in [6.07, 6.45) is -0.977. The van der Waals surface area contributed by atoms with Gasteiger partial charge in [-0.05, 0) is 24.0 Å². The van der Waals surface area contributed by atoms with E-state index in [-0.39, 0.29) is 11.7 Å². The summed E-state index contributed by atoms with van der Waals surface area (Å²) in [5.74, 6) is 0.490. The predicted octanol–water partition coefficient (Wildman–Crippen LogP) is 1.29. The van der Waals surface area contributed by atoms with Crippen LogP contribution in [-0.4, -0.2) is 38.9 Å². The molecule has 1 rings (SSSR count). The minimum Gasteiger partial charge on any atom is -0.396 e.